The average Bonchev–Trinajstić information content (AvgIpc) is 3.20. The van der Waals surface area contributed by atoms with Gasteiger partial charge in [-0.2, -0.15) is 10.2 Å². The van der Waals surface area contributed by atoms with Crippen LogP contribution >= 0.6 is 0 Å². The number of allylic oxidation sites excluding steroid dienone is 1. The summed E-state index contributed by atoms with van der Waals surface area (Å²) >= 11 is 0. The van der Waals surface area contributed by atoms with Crippen molar-refractivity contribution >= 4 is 5.70 Å². The van der Waals surface area contributed by atoms with E-state index in [0.717, 1.165) is 48.1 Å². The molecule has 176 valence electrons. The van der Waals surface area contributed by atoms with Crippen LogP contribution in [0, 0.1) is 33.5 Å². The molecular formula is C27H29N3O4. The van der Waals surface area contributed by atoms with E-state index in [0.29, 0.717) is 17.2 Å². The van der Waals surface area contributed by atoms with Crippen LogP contribution in [0.15, 0.2) is 47.7 Å². The Hall–Kier alpha value is -3.37. The summed E-state index contributed by atoms with van der Waals surface area (Å²) in [5, 5.41) is 23.4. The molecule has 2 fully saturated rings. The van der Waals surface area contributed by atoms with E-state index in [9.17, 15) is 15.3 Å². The van der Waals surface area contributed by atoms with Crippen LogP contribution in [-0.2, 0) is 11.4 Å². The molecule has 0 spiro atoms. The van der Waals surface area contributed by atoms with E-state index in [1.807, 2.05) is 24.3 Å². The molecule has 0 aromatic heterocycles. The summed E-state index contributed by atoms with van der Waals surface area (Å²) in [6.07, 6.45) is 5.92. The molecule has 7 heteroatoms. The first-order valence-electron chi connectivity index (χ1n) is 11.8. The lowest BCUT2D eigenvalue weighted by Gasteiger charge is -2.48. The third kappa shape index (κ3) is 3.54. The van der Waals surface area contributed by atoms with Gasteiger partial charge in [0.1, 0.15) is 6.61 Å². The maximum Gasteiger partial charge on any atom is 0.160 e. The number of benzene rings is 2. The number of methoxy groups -OCH3 is 1. The van der Waals surface area contributed by atoms with Gasteiger partial charge in [0.25, 0.3) is 0 Å². The Morgan fingerprint density at radius 3 is 2.85 bits per heavy atom. The van der Waals surface area contributed by atoms with Crippen molar-refractivity contribution < 1.29 is 14.7 Å². The van der Waals surface area contributed by atoms with Gasteiger partial charge in [-0.3, -0.25) is 10.3 Å². The monoisotopic (exact) mass is 459 g/mol. The normalized spacial score (nSPS) is 29.1. The predicted molar refractivity (Wildman–Crippen MR) is 128 cm³/mol. The lowest BCUT2D eigenvalue weighted by Crippen LogP contribution is -2.42. The Balaban J connectivity index is 1.48. The van der Waals surface area contributed by atoms with Crippen LogP contribution in [0.2, 0.25) is 0 Å². The van der Waals surface area contributed by atoms with Crippen molar-refractivity contribution in [3.8, 4) is 17.6 Å². The van der Waals surface area contributed by atoms with Gasteiger partial charge in [-0.25, -0.2) is 0 Å². The van der Waals surface area contributed by atoms with Crippen LogP contribution < -0.4 is 10.2 Å². The average molecular weight is 460 g/mol. The van der Waals surface area contributed by atoms with Gasteiger partial charge in [0.2, 0.25) is 0 Å². The van der Waals surface area contributed by atoms with Gasteiger partial charge in [0.15, 0.2) is 11.5 Å². The van der Waals surface area contributed by atoms with Gasteiger partial charge < -0.3 is 9.84 Å². The molecule has 2 aromatic carbocycles. The Labute approximate surface area is 199 Å². The second kappa shape index (κ2) is 8.77. The minimum absolute atomic E-state index is 0.0777. The van der Waals surface area contributed by atoms with Crippen LogP contribution in [0.3, 0.4) is 0 Å². The molecule has 5 rings (SSSR count). The molecule has 7 nitrogen and oxygen atoms in total. The van der Waals surface area contributed by atoms with Gasteiger partial charge in [-0.1, -0.05) is 36.4 Å². The first-order valence-corrected chi connectivity index (χ1v) is 11.8. The maximum absolute atomic E-state index is 11.6. The fourth-order valence-corrected chi connectivity index (χ4v) is 6.54. The summed E-state index contributed by atoms with van der Waals surface area (Å²) in [6.45, 7) is 2.45. The van der Waals surface area contributed by atoms with Crippen LogP contribution in [0.1, 0.15) is 60.8 Å². The van der Waals surface area contributed by atoms with Crippen molar-refractivity contribution in [1.82, 2.24) is 5.48 Å². The molecule has 2 saturated carbocycles. The highest BCUT2D eigenvalue weighted by Crippen LogP contribution is 2.61. The van der Waals surface area contributed by atoms with Crippen molar-refractivity contribution in [3.05, 3.63) is 69.6 Å². The van der Waals surface area contributed by atoms with E-state index >= 15 is 0 Å². The number of nitriles is 1. The van der Waals surface area contributed by atoms with Crippen LogP contribution in [0.5, 0.6) is 11.5 Å². The fraction of sp³-hybridized carbons (Fsp3) is 0.444. The third-order valence-electron chi connectivity index (χ3n) is 8.36. The van der Waals surface area contributed by atoms with E-state index in [4.69, 9.17) is 9.57 Å². The highest BCUT2D eigenvalue weighted by Gasteiger charge is 2.55. The quantitative estimate of drug-likeness (QED) is 0.443. The van der Waals surface area contributed by atoms with E-state index in [2.05, 4.69) is 29.7 Å². The number of aromatic hydroxyl groups is 1. The molecule has 3 aliphatic carbocycles. The predicted octanol–water partition coefficient (Wildman–Crippen LogP) is 5.39. The molecule has 3 aliphatic rings. The second-order valence-electron chi connectivity index (χ2n) is 9.88. The molecule has 0 aliphatic heterocycles. The van der Waals surface area contributed by atoms with Crippen molar-refractivity contribution in [1.29, 1.82) is 5.26 Å². The first-order chi connectivity index (χ1) is 16.5. The summed E-state index contributed by atoms with van der Waals surface area (Å²) in [7, 11) is 1.56. The molecule has 2 N–H and O–H groups in total. The fourth-order valence-electron chi connectivity index (χ4n) is 6.54. The molecule has 0 saturated heterocycles. The Kier molecular flexibility index (Phi) is 5.78. The molecular weight excluding hydrogens is 430 g/mol. The number of nitroso groups, excluding NO2 is 1. The van der Waals surface area contributed by atoms with Crippen LogP contribution in [0.25, 0.3) is 5.70 Å². The number of hydrogen-bond donors (Lipinski definition) is 2. The van der Waals surface area contributed by atoms with E-state index in [-0.39, 0.29) is 35.6 Å². The summed E-state index contributed by atoms with van der Waals surface area (Å²) in [5.74, 6) is 1.38. The number of nitrogens with one attached hydrogen (secondary N) is 1. The van der Waals surface area contributed by atoms with Crippen LogP contribution in [-0.4, -0.2) is 18.3 Å². The highest BCUT2D eigenvalue weighted by molar-refractivity contribution is 5.72. The van der Waals surface area contributed by atoms with Gasteiger partial charge in [0, 0.05) is 5.56 Å². The highest BCUT2D eigenvalue weighted by atomic mass is 16.6. The number of hydroxylamine groups is 1. The molecule has 34 heavy (non-hydrogen) atoms. The standard InChI is InChI=1S/C27H29N3O4/c1-27-10-9-18-19-13-25(33-2)24(31)12-21(19)23(11-20(18)22(27)7-8-26(27)29-32)30-34-15-17-6-4-3-5-16(17)14-28/h3-6,11-13,18,20,22,26,30-31H,7-10,15H2,1-2H3/t18-,20-,22+,26?,27+/m1/s1. The van der Waals surface area contributed by atoms with Crippen molar-refractivity contribution in [2.75, 3.05) is 7.11 Å². The number of phenols is 1. The summed E-state index contributed by atoms with van der Waals surface area (Å²) in [4.78, 5) is 17.4. The molecule has 0 bridgehead atoms. The van der Waals surface area contributed by atoms with Crippen molar-refractivity contribution in [2.45, 2.75) is 51.2 Å². The summed E-state index contributed by atoms with van der Waals surface area (Å²) in [5.41, 5.74) is 7.17. The molecule has 0 amide bonds. The lowest BCUT2D eigenvalue weighted by molar-refractivity contribution is 0.0590. The Morgan fingerprint density at radius 2 is 2.09 bits per heavy atom. The second-order valence-corrected chi connectivity index (χ2v) is 9.88. The number of phenolic OH excluding ortho intramolecular Hbond substituents is 1. The number of nitrogens with zero attached hydrogens (tertiary/aromatic N) is 2. The Morgan fingerprint density at radius 1 is 1.26 bits per heavy atom. The van der Waals surface area contributed by atoms with Gasteiger partial charge >= 0.3 is 0 Å². The Bertz CT molecular complexity index is 1190. The smallest absolute Gasteiger partial charge is 0.160 e. The number of rotatable bonds is 6. The number of ether oxygens (including phenoxy) is 1. The maximum atomic E-state index is 11.6. The topological polar surface area (TPSA) is 104 Å². The van der Waals surface area contributed by atoms with Crippen LogP contribution in [0.4, 0.5) is 0 Å². The first kappa shape index (κ1) is 22.4. The molecule has 5 atom stereocenters. The minimum Gasteiger partial charge on any atom is -0.504 e. The largest absolute Gasteiger partial charge is 0.504 e. The molecule has 0 radical (unpaired) electrons. The van der Waals surface area contributed by atoms with Gasteiger partial charge in [0.05, 0.1) is 30.5 Å². The minimum atomic E-state index is -0.141. The zero-order valence-electron chi connectivity index (χ0n) is 19.5. The van der Waals surface area contributed by atoms with E-state index in [1.54, 1.807) is 19.2 Å². The SMILES string of the molecule is COc1cc2c(cc1O)C(NOCc1ccccc1C#N)=C[C@@H]1[C@@H]2CC[C@]2(C)C(N=O)CC[C@@H]12. The number of hydrogen-bond acceptors (Lipinski definition) is 7. The molecule has 1 unspecified atom stereocenters. The zero-order valence-corrected chi connectivity index (χ0v) is 19.5. The number of fused-ring (bicyclic) bond motifs is 5. The third-order valence-corrected chi connectivity index (χ3v) is 8.36. The van der Waals surface area contributed by atoms with E-state index in [1.165, 1.54) is 0 Å². The van der Waals surface area contributed by atoms with Crippen molar-refractivity contribution in [2.24, 2.45) is 22.4 Å². The lowest BCUT2D eigenvalue weighted by atomic mass is 9.56. The van der Waals surface area contributed by atoms with Gasteiger partial charge in [-0.05, 0) is 78.2 Å². The summed E-state index contributed by atoms with van der Waals surface area (Å²) < 4.78 is 5.42. The van der Waals surface area contributed by atoms with E-state index < -0.39 is 0 Å². The zero-order chi connectivity index (χ0) is 23.9. The molecule has 2 aromatic rings. The molecule has 0 heterocycles. The summed E-state index contributed by atoms with van der Waals surface area (Å²) in [6, 6.07) is 13.1. The van der Waals surface area contributed by atoms with Gasteiger partial charge in [-0.15, -0.1) is 0 Å². The van der Waals surface area contributed by atoms with Crippen molar-refractivity contribution in [3.63, 3.8) is 0 Å².